The van der Waals surface area contributed by atoms with Crippen LogP contribution >= 0.6 is 23.2 Å². The van der Waals surface area contributed by atoms with E-state index in [4.69, 9.17) is 28.9 Å². The van der Waals surface area contributed by atoms with E-state index in [1.54, 1.807) is 31.3 Å². The zero-order valence-corrected chi connectivity index (χ0v) is 21.0. The Hall–Kier alpha value is -3.89. The van der Waals surface area contributed by atoms with Gasteiger partial charge in [-0.3, -0.25) is 24.3 Å². The molecule has 36 heavy (non-hydrogen) atoms. The number of nitrogen functional groups attached to an aromatic ring is 1. The van der Waals surface area contributed by atoms with E-state index in [1.165, 1.54) is 27.9 Å². The number of hydrogen-bond acceptors (Lipinski definition) is 6. The number of nitrogens with two attached hydrogens (primary N) is 1. The predicted molar refractivity (Wildman–Crippen MR) is 138 cm³/mol. The van der Waals surface area contributed by atoms with Crippen LogP contribution in [0.3, 0.4) is 0 Å². The number of imidazole rings is 1. The highest BCUT2D eigenvalue weighted by atomic mass is 35.5. The lowest BCUT2D eigenvalue weighted by Crippen LogP contribution is -2.36. The second kappa shape index (κ2) is 8.65. The van der Waals surface area contributed by atoms with Crippen LogP contribution in [-0.4, -0.2) is 30.0 Å². The number of halogens is 2. The van der Waals surface area contributed by atoms with Crippen molar-refractivity contribution in [2.24, 2.45) is 7.05 Å². The number of rotatable bonds is 4. The number of carbonyl (C=O) groups is 1. The van der Waals surface area contributed by atoms with Crippen molar-refractivity contribution in [2.75, 3.05) is 10.6 Å². The molecule has 184 valence electrons. The Labute approximate surface area is 214 Å². The SMILES string of the molecule is CC(C)n1c(-c2cnc(N)[nH]c2=O)nc2c1[C@H](c1ccc(Cl)cc1)N(c1cc(Cl)cn(C)c1=O)C2=O. The van der Waals surface area contributed by atoms with Crippen LogP contribution in [0.15, 0.2) is 52.3 Å². The predicted octanol–water partition coefficient (Wildman–Crippen LogP) is 3.55. The Morgan fingerprint density at radius 2 is 1.78 bits per heavy atom. The quantitative estimate of drug-likeness (QED) is 0.418. The van der Waals surface area contributed by atoms with Crippen molar-refractivity contribution in [1.29, 1.82) is 0 Å². The molecule has 5 rings (SSSR count). The third kappa shape index (κ3) is 3.69. The molecular weight excluding hydrogens is 505 g/mol. The van der Waals surface area contributed by atoms with Gasteiger partial charge in [0.1, 0.15) is 23.1 Å². The molecule has 0 bridgehead atoms. The molecular formula is C24H21Cl2N7O3. The Kier molecular flexibility index (Phi) is 5.73. The molecule has 3 N–H and O–H groups in total. The minimum absolute atomic E-state index is 0.0305. The van der Waals surface area contributed by atoms with Crippen molar-refractivity contribution in [3.63, 3.8) is 0 Å². The lowest BCUT2D eigenvalue weighted by atomic mass is 10.0. The number of hydrogen-bond donors (Lipinski definition) is 2. The van der Waals surface area contributed by atoms with E-state index in [0.717, 1.165) is 0 Å². The molecule has 0 fully saturated rings. The number of aromatic amines is 1. The van der Waals surface area contributed by atoms with Gasteiger partial charge in [-0.2, -0.15) is 0 Å². The van der Waals surface area contributed by atoms with E-state index in [1.807, 2.05) is 18.4 Å². The average Bonchev–Trinajstić information content (AvgIpc) is 3.32. The molecule has 1 amide bonds. The summed E-state index contributed by atoms with van der Waals surface area (Å²) in [5, 5.41) is 0.817. The highest BCUT2D eigenvalue weighted by Crippen LogP contribution is 2.44. The molecule has 0 unspecified atom stereocenters. The first-order valence-corrected chi connectivity index (χ1v) is 11.8. The van der Waals surface area contributed by atoms with Crippen LogP contribution in [0.25, 0.3) is 11.4 Å². The summed E-state index contributed by atoms with van der Waals surface area (Å²) in [6.07, 6.45) is 2.81. The minimum atomic E-state index is -0.736. The van der Waals surface area contributed by atoms with Gasteiger partial charge in [0.15, 0.2) is 11.6 Å². The first-order chi connectivity index (χ1) is 17.1. The Morgan fingerprint density at radius 1 is 1.08 bits per heavy atom. The minimum Gasteiger partial charge on any atom is -0.369 e. The number of fused-ring (bicyclic) bond motifs is 1. The lowest BCUT2D eigenvalue weighted by molar-refractivity contribution is 0.0989. The molecule has 0 radical (unpaired) electrons. The summed E-state index contributed by atoms with van der Waals surface area (Å²) in [7, 11) is 1.56. The van der Waals surface area contributed by atoms with E-state index in [-0.39, 0.29) is 34.8 Å². The van der Waals surface area contributed by atoms with Gasteiger partial charge < -0.3 is 14.9 Å². The van der Waals surface area contributed by atoms with Gasteiger partial charge in [-0.05, 0) is 37.6 Å². The number of benzene rings is 1. The standard InChI is InChI=1S/C24H21Cl2N7O3/c1-11(2)32-19-17(29-20(32)15-9-28-24(27)30-21(15)34)23(36)33(16-8-14(26)10-31(3)22(16)35)18(19)12-4-6-13(25)7-5-12/h4-11,18H,1-3H3,(H3,27,28,30,34)/t18-/m0/s1. The maximum Gasteiger partial charge on any atom is 0.279 e. The number of amides is 1. The van der Waals surface area contributed by atoms with Crippen LogP contribution < -0.4 is 21.8 Å². The summed E-state index contributed by atoms with van der Waals surface area (Å²) >= 11 is 12.4. The molecule has 1 aromatic carbocycles. The summed E-state index contributed by atoms with van der Waals surface area (Å²) in [6, 6.07) is 7.50. The molecule has 0 spiro atoms. The van der Waals surface area contributed by atoms with Gasteiger partial charge >= 0.3 is 0 Å². The summed E-state index contributed by atoms with van der Waals surface area (Å²) in [6.45, 7) is 3.82. The van der Waals surface area contributed by atoms with E-state index in [9.17, 15) is 14.4 Å². The third-order valence-corrected chi connectivity index (χ3v) is 6.50. The first kappa shape index (κ1) is 23.8. The fourth-order valence-electron chi connectivity index (χ4n) is 4.53. The van der Waals surface area contributed by atoms with Gasteiger partial charge in [0.05, 0.1) is 10.7 Å². The Bertz CT molecular complexity index is 1640. The number of aryl methyl sites for hydroxylation is 1. The van der Waals surface area contributed by atoms with Crippen molar-refractivity contribution < 1.29 is 4.79 Å². The first-order valence-electron chi connectivity index (χ1n) is 11.0. The van der Waals surface area contributed by atoms with Gasteiger partial charge in [-0.25, -0.2) is 9.97 Å². The smallest absolute Gasteiger partial charge is 0.279 e. The van der Waals surface area contributed by atoms with Crippen LogP contribution in [0.4, 0.5) is 11.6 Å². The van der Waals surface area contributed by atoms with Crippen molar-refractivity contribution in [3.05, 3.63) is 90.4 Å². The number of carbonyl (C=O) groups excluding carboxylic acids is 1. The van der Waals surface area contributed by atoms with E-state index in [0.29, 0.717) is 21.3 Å². The van der Waals surface area contributed by atoms with Crippen LogP contribution in [0.5, 0.6) is 0 Å². The van der Waals surface area contributed by atoms with Crippen molar-refractivity contribution in [2.45, 2.75) is 25.9 Å². The monoisotopic (exact) mass is 525 g/mol. The van der Waals surface area contributed by atoms with Gasteiger partial charge in [0.25, 0.3) is 17.0 Å². The van der Waals surface area contributed by atoms with Crippen LogP contribution in [0, 0.1) is 0 Å². The normalized spacial score (nSPS) is 15.1. The van der Waals surface area contributed by atoms with Crippen molar-refractivity contribution in [3.8, 4) is 11.4 Å². The molecule has 1 aliphatic heterocycles. The fourth-order valence-corrected chi connectivity index (χ4v) is 4.90. The zero-order chi connectivity index (χ0) is 25.9. The molecule has 4 aromatic rings. The molecule has 0 saturated carbocycles. The Balaban J connectivity index is 1.82. The number of nitrogens with zero attached hydrogens (tertiary/aromatic N) is 5. The second-order valence-electron chi connectivity index (χ2n) is 8.73. The third-order valence-electron chi connectivity index (χ3n) is 6.04. The molecule has 3 aromatic heterocycles. The van der Waals surface area contributed by atoms with Gasteiger partial charge in [-0.1, -0.05) is 35.3 Å². The number of H-pyrrole nitrogens is 1. The lowest BCUT2D eigenvalue weighted by Gasteiger charge is -2.28. The highest BCUT2D eigenvalue weighted by molar-refractivity contribution is 6.31. The molecule has 10 nitrogen and oxygen atoms in total. The number of pyridine rings is 1. The van der Waals surface area contributed by atoms with Crippen molar-refractivity contribution in [1.82, 2.24) is 24.1 Å². The number of anilines is 2. The summed E-state index contributed by atoms with van der Waals surface area (Å²) in [5.74, 6) is -0.253. The topological polar surface area (TPSA) is 132 Å². The van der Waals surface area contributed by atoms with Crippen LogP contribution in [0.2, 0.25) is 10.0 Å². The summed E-state index contributed by atoms with van der Waals surface area (Å²) < 4.78 is 3.13. The van der Waals surface area contributed by atoms with Crippen LogP contribution in [0.1, 0.15) is 47.7 Å². The van der Waals surface area contributed by atoms with E-state index in [2.05, 4.69) is 15.0 Å². The van der Waals surface area contributed by atoms with Crippen LogP contribution in [-0.2, 0) is 7.05 Å². The summed E-state index contributed by atoms with van der Waals surface area (Å²) in [5.41, 5.74) is 6.37. The van der Waals surface area contributed by atoms with E-state index < -0.39 is 23.1 Å². The molecule has 0 saturated heterocycles. The average molecular weight is 526 g/mol. The highest BCUT2D eigenvalue weighted by Gasteiger charge is 2.45. The Morgan fingerprint density at radius 3 is 2.42 bits per heavy atom. The zero-order valence-electron chi connectivity index (χ0n) is 19.5. The van der Waals surface area contributed by atoms with Gasteiger partial charge in [0, 0.05) is 30.5 Å². The molecule has 0 aliphatic carbocycles. The molecule has 1 atom stereocenters. The number of aromatic nitrogens is 5. The fraction of sp³-hybridized carbons (Fsp3) is 0.208. The van der Waals surface area contributed by atoms with Gasteiger partial charge in [0.2, 0.25) is 0 Å². The largest absolute Gasteiger partial charge is 0.369 e. The summed E-state index contributed by atoms with van der Waals surface area (Å²) in [4.78, 5) is 52.2. The maximum absolute atomic E-state index is 13.9. The second-order valence-corrected chi connectivity index (χ2v) is 9.61. The van der Waals surface area contributed by atoms with Gasteiger partial charge in [-0.15, -0.1) is 0 Å². The van der Waals surface area contributed by atoms with E-state index >= 15 is 0 Å². The molecule has 4 heterocycles. The van der Waals surface area contributed by atoms with Crippen molar-refractivity contribution >= 4 is 40.7 Å². The molecule has 1 aliphatic rings. The molecule has 12 heteroatoms. The number of nitrogens with one attached hydrogen (secondary N) is 1. The maximum atomic E-state index is 13.9.